The number of carbonyl (C=O) groups excluding carboxylic acids is 1. The van der Waals surface area contributed by atoms with Crippen LogP contribution in [-0.2, 0) is 9.59 Å². The number of amides is 1. The molecular weight excluding hydrogens is 253 g/mol. The number of aliphatic carboxylic acids is 1. The summed E-state index contributed by atoms with van der Waals surface area (Å²) in [5.74, 6) is -1.55. The van der Waals surface area contributed by atoms with E-state index in [1.165, 1.54) is 0 Å². The van der Waals surface area contributed by atoms with Crippen molar-refractivity contribution in [2.45, 2.75) is 19.0 Å². The molecule has 18 heavy (non-hydrogen) atoms. The van der Waals surface area contributed by atoms with Crippen LogP contribution in [0.1, 0.15) is 12.8 Å². The molecule has 1 aliphatic carbocycles. The minimum atomic E-state index is -4.52. The number of carboxylic acids is 1. The zero-order valence-corrected chi connectivity index (χ0v) is 9.66. The zero-order valence-electron chi connectivity index (χ0n) is 9.66. The van der Waals surface area contributed by atoms with E-state index in [1.54, 1.807) is 0 Å². The van der Waals surface area contributed by atoms with Crippen LogP contribution in [0.4, 0.5) is 13.2 Å². The van der Waals surface area contributed by atoms with Gasteiger partial charge in [0.15, 0.2) is 0 Å². The van der Waals surface area contributed by atoms with Gasteiger partial charge in [-0.2, -0.15) is 13.2 Å². The van der Waals surface area contributed by atoms with Crippen LogP contribution < -0.4 is 5.32 Å². The maximum Gasteiger partial charge on any atom is 0.401 e. The molecule has 104 valence electrons. The molecule has 0 saturated heterocycles. The third-order valence-corrected chi connectivity index (χ3v) is 2.41. The number of alkyl halides is 3. The van der Waals surface area contributed by atoms with E-state index in [0.29, 0.717) is 17.4 Å². The minimum Gasteiger partial charge on any atom is -0.480 e. The number of nitrogens with zero attached hydrogens (tertiary/aromatic N) is 1. The molecule has 2 N–H and O–H groups in total. The first-order valence-electron chi connectivity index (χ1n) is 5.54. The van der Waals surface area contributed by atoms with Crippen molar-refractivity contribution in [3.05, 3.63) is 0 Å². The van der Waals surface area contributed by atoms with Crippen LogP contribution in [0.15, 0.2) is 0 Å². The normalized spacial score (nSPS) is 15.8. The maximum atomic E-state index is 12.2. The molecule has 1 fully saturated rings. The van der Waals surface area contributed by atoms with Crippen molar-refractivity contribution in [3.8, 4) is 0 Å². The highest BCUT2D eigenvalue weighted by Gasteiger charge is 2.32. The Bertz CT molecular complexity index is 316. The lowest BCUT2D eigenvalue weighted by molar-refractivity contribution is -0.155. The van der Waals surface area contributed by atoms with Gasteiger partial charge < -0.3 is 10.4 Å². The summed E-state index contributed by atoms with van der Waals surface area (Å²) in [6.07, 6.45) is -2.49. The van der Waals surface area contributed by atoms with E-state index in [4.69, 9.17) is 5.11 Å². The highest BCUT2D eigenvalue weighted by Crippen LogP contribution is 2.27. The van der Waals surface area contributed by atoms with Crippen molar-refractivity contribution >= 4 is 11.9 Å². The number of hydrogen-bond donors (Lipinski definition) is 2. The molecule has 0 aromatic rings. The summed E-state index contributed by atoms with van der Waals surface area (Å²) < 4.78 is 36.5. The summed E-state index contributed by atoms with van der Waals surface area (Å²) in [5, 5.41) is 11.0. The smallest absolute Gasteiger partial charge is 0.401 e. The number of halogens is 3. The lowest BCUT2D eigenvalue weighted by Gasteiger charge is -2.21. The Morgan fingerprint density at radius 3 is 2.33 bits per heavy atom. The van der Waals surface area contributed by atoms with E-state index in [9.17, 15) is 22.8 Å². The van der Waals surface area contributed by atoms with Gasteiger partial charge in [-0.25, -0.2) is 0 Å². The van der Waals surface area contributed by atoms with Gasteiger partial charge in [-0.1, -0.05) is 0 Å². The van der Waals surface area contributed by atoms with Gasteiger partial charge in [0.25, 0.3) is 0 Å². The summed E-state index contributed by atoms with van der Waals surface area (Å²) in [6.45, 7) is -2.32. The molecule has 1 saturated carbocycles. The summed E-state index contributed by atoms with van der Waals surface area (Å²) >= 11 is 0. The maximum absolute atomic E-state index is 12.2. The second-order valence-electron chi connectivity index (χ2n) is 4.40. The van der Waals surface area contributed by atoms with Crippen LogP contribution in [0.2, 0.25) is 0 Å². The van der Waals surface area contributed by atoms with Gasteiger partial charge in [0.1, 0.15) is 0 Å². The lowest BCUT2D eigenvalue weighted by Crippen LogP contribution is -2.44. The first-order chi connectivity index (χ1) is 8.26. The molecule has 8 heteroatoms. The molecule has 0 heterocycles. The molecule has 1 aliphatic rings. The topological polar surface area (TPSA) is 69.6 Å². The third kappa shape index (κ3) is 7.10. The Kier molecular flexibility index (Phi) is 4.94. The highest BCUT2D eigenvalue weighted by atomic mass is 19.4. The third-order valence-electron chi connectivity index (χ3n) is 2.41. The van der Waals surface area contributed by atoms with Crippen molar-refractivity contribution in [2.75, 3.05) is 26.2 Å². The van der Waals surface area contributed by atoms with E-state index in [1.807, 2.05) is 0 Å². The van der Waals surface area contributed by atoms with E-state index in [0.717, 1.165) is 12.8 Å². The second kappa shape index (κ2) is 6.03. The quantitative estimate of drug-likeness (QED) is 0.704. The van der Waals surface area contributed by atoms with Crippen molar-refractivity contribution < 1.29 is 27.9 Å². The second-order valence-corrected chi connectivity index (χ2v) is 4.40. The van der Waals surface area contributed by atoms with Crippen LogP contribution in [0.25, 0.3) is 0 Å². The number of carboxylic acid groups (broad SMARTS) is 1. The molecule has 0 aromatic heterocycles. The standard InChI is InChI=1S/C10H15F3N2O3/c11-10(12,13)6-15(5-9(17)18)4-8(16)14-3-7-1-2-7/h7H,1-6H2,(H,14,16)(H,17,18). The van der Waals surface area contributed by atoms with Crippen molar-refractivity contribution in [1.82, 2.24) is 10.2 Å². The Hall–Kier alpha value is -1.31. The van der Waals surface area contributed by atoms with Crippen molar-refractivity contribution in [2.24, 2.45) is 5.92 Å². The van der Waals surface area contributed by atoms with Crippen LogP contribution in [0.5, 0.6) is 0 Å². The molecule has 0 spiro atoms. The van der Waals surface area contributed by atoms with Crippen LogP contribution in [0.3, 0.4) is 0 Å². The largest absolute Gasteiger partial charge is 0.480 e. The number of rotatable bonds is 7. The number of carbonyl (C=O) groups is 2. The highest BCUT2D eigenvalue weighted by molar-refractivity contribution is 5.79. The minimum absolute atomic E-state index is 0.421. The monoisotopic (exact) mass is 268 g/mol. The van der Waals surface area contributed by atoms with E-state index in [2.05, 4.69) is 5.32 Å². The summed E-state index contributed by atoms with van der Waals surface area (Å²) in [5.41, 5.74) is 0. The average molecular weight is 268 g/mol. The predicted molar refractivity (Wildman–Crippen MR) is 55.9 cm³/mol. The van der Waals surface area contributed by atoms with Gasteiger partial charge in [0, 0.05) is 6.54 Å². The Labute approximate surface area is 102 Å². The van der Waals surface area contributed by atoms with Gasteiger partial charge in [-0.15, -0.1) is 0 Å². The van der Waals surface area contributed by atoms with Crippen LogP contribution in [-0.4, -0.2) is 54.2 Å². The fraction of sp³-hybridized carbons (Fsp3) is 0.800. The fourth-order valence-corrected chi connectivity index (χ4v) is 1.45. The molecule has 0 unspecified atom stereocenters. The Balaban J connectivity index is 2.37. The van der Waals surface area contributed by atoms with E-state index < -0.39 is 37.7 Å². The molecule has 1 amide bonds. The first kappa shape index (κ1) is 14.7. The summed E-state index contributed by atoms with van der Waals surface area (Å²) in [6, 6.07) is 0. The molecule has 0 atom stereocenters. The molecule has 0 aliphatic heterocycles. The van der Waals surface area contributed by atoms with Crippen molar-refractivity contribution in [1.29, 1.82) is 0 Å². The number of hydrogen-bond acceptors (Lipinski definition) is 3. The molecule has 0 bridgehead atoms. The van der Waals surface area contributed by atoms with Gasteiger partial charge in [0.05, 0.1) is 19.6 Å². The molecule has 1 rings (SSSR count). The van der Waals surface area contributed by atoms with Crippen LogP contribution >= 0.6 is 0 Å². The average Bonchev–Trinajstić information content (AvgIpc) is 2.93. The van der Waals surface area contributed by atoms with Crippen molar-refractivity contribution in [3.63, 3.8) is 0 Å². The van der Waals surface area contributed by atoms with Gasteiger partial charge >= 0.3 is 12.1 Å². The molecule has 5 nitrogen and oxygen atoms in total. The van der Waals surface area contributed by atoms with Crippen LogP contribution in [0, 0.1) is 5.92 Å². The summed E-state index contributed by atoms with van der Waals surface area (Å²) in [7, 11) is 0. The summed E-state index contributed by atoms with van der Waals surface area (Å²) in [4.78, 5) is 22.3. The number of nitrogens with one attached hydrogen (secondary N) is 1. The SMILES string of the molecule is O=C(O)CN(CC(=O)NCC1CC1)CC(F)(F)F. The van der Waals surface area contributed by atoms with Gasteiger partial charge in [-0.05, 0) is 18.8 Å². The van der Waals surface area contributed by atoms with Gasteiger partial charge in [0.2, 0.25) is 5.91 Å². The Morgan fingerprint density at radius 2 is 1.89 bits per heavy atom. The molecule has 0 radical (unpaired) electrons. The molecule has 0 aromatic carbocycles. The van der Waals surface area contributed by atoms with Gasteiger partial charge in [-0.3, -0.25) is 14.5 Å². The zero-order chi connectivity index (χ0) is 13.8. The lowest BCUT2D eigenvalue weighted by atomic mass is 10.4. The van der Waals surface area contributed by atoms with E-state index in [-0.39, 0.29) is 0 Å². The predicted octanol–water partition coefficient (Wildman–Crippen LogP) is 0.461. The Morgan fingerprint density at radius 1 is 1.28 bits per heavy atom. The first-order valence-corrected chi connectivity index (χ1v) is 5.54. The fourth-order valence-electron chi connectivity index (χ4n) is 1.45. The van der Waals surface area contributed by atoms with E-state index >= 15 is 0 Å². The molecular formula is C10H15F3N2O3.